The SMILES string of the molecule is CCC1(C(=O)O)CCN(CC2(CC#N)CC2)C1. The molecule has 0 bridgehead atoms. The number of hydrogen-bond donors (Lipinski definition) is 1. The topological polar surface area (TPSA) is 64.3 Å². The average molecular weight is 236 g/mol. The van der Waals surface area contributed by atoms with Crippen molar-refractivity contribution in [3.05, 3.63) is 0 Å². The molecule has 0 aromatic carbocycles. The van der Waals surface area contributed by atoms with Crippen LogP contribution in [0.5, 0.6) is 0 Å². The van der Waals surface area contributed by atoms with Gasteiger partial charge in [-0.25, -0.2) is 0 Å². The quantitative estimate of drug-likeness (QED) is 0.791. The number of likely N-dealkylation sites (tertiary alicyclic amines) is 1. The van der Waals surface area contributed by atoms with Gasteiger partial charge in [-0.2, -0.15) is 5.26 Å². The lowest BCUT2D eigenvalue weighted by Crippen LogP contribution is -2.36. The van der Waals surface area contributed by atoms with E-state index >= 15 is 0 Å². The lowest BCUT2D eigenvalue weighted by atomic mass is 9.84. The number of carboxylic acids is 1. The van der Waals surface area contributed by atoms with Crippen LogP contribution in [-0.2, 0) is 4.79 Å². The molecule has 2 fully saturated rings. The van der Waals surface area contributed by atoms with Crippen molar-refractivity contribution in [3.8, 4) is 6.07 Å². The lowest BCUT2D eigenvalue weighted by molar-refractivity contribution is -0.148. The van der Waals surface area contributed by atoms with Gasteiger partial charge in [0.25, 0.3) is 0 Å². The van der Waals surface area contributed by atoms with Gasteiger partial charge < -0.3 is 10.0 Å². The normalized spacial score (nSPS) is 31.1. The van der Waals surface area contributed by atoms with E-state index in [4.69, 9.17) is 5.26 Å². The molecule has 0 spiro atoms. The standard InChI is InChI=1S/C13H20N2O2/c1-2-13(11(16)17)6-8-15(10-13)9-12(3-4-12)5-7-14/h2-6,8-10H2,1H3,(H,16,17). The van der Waals surface area contributed by atoms with E-state index in [-0.39, 0.29) is 5.41 Å². The van der Waals surface area contributed by atoms with Gasteiger partial charge in [0.2, 0.25) is 0 Å². The molecular formula is C13H20N2O2. The molecule has 0 aromatic heterocycles. The molecule has 0 aromatic rings. The van der Waals surface area contributed by atoms with Crippen LogP contribution in [0.2, 0.25) is 0 Å². The monoisotopic (exact) mass is 236 g/mol. The van der Waals surface area contributed by atoms with Gasteiger partial charge in [-0.15, -0.1) is 0 Å². The van der Waals surface area contributed by atoms with E-state index in [1.54, 1.807) is 0 Å². The van der Waals surface area contributed by atoms with Crippen molar-refractivity contribution >= 4 is 5.97 Å². The Kier molecular flexibility index (Phi) is 3.13. The minimum Gasteiger partial charge on any atom is -0.481 e. The zero-order valence-electron chi connectivity index (χ0n) is 10.4. The minimum atomic E-state index is -0.660. The fourth-order valence-corrected chi connectivity index (χ4v) is 2.92. The second-order valence-corrected chi connectivity index (χ2v) is 5.73. The first-order valence-corrected chi connectivity index (χ1v) is 6.39. The van der Waals surface area contributed by atoms with Crippen LogP contribution in [0.25, 0.3) is 0 Å². The van der Waals surface area contributed by atoms with Crippen molar-refractivity contribution in [3.63, 3.8) is 0 Å². The molecule has 1 atom stereocenters. The van der Waals surface area contributed by atoms with Gasteiger partial charge in [-0.3, -0.25) is 4.79 Å². The number of hydrogen-bond acceptors (Lipinski definition) is 3. The Morgan fingerprint density at radius 2 is 2.18 bits per heavy atom. The maximum atomic E-state index is 11.3. The highest BCUT2D eigenvalue weighted by molar-refractivity contribution is 5.75. The molecule has 1 N–H and O–H groups in total. The molecule has 1 saturated heterocycles. The third-order valence-corrected chi connectivity index (χ3v) is 4.53. The lowest BCUT2D eigenvalue weighted by Gasteiger charge is -2.25. The van der Waals surface area contributed by atoms with Crippen LogP contribution in [0.1, 0.15) is 39.0 Å². The Hall–Kier alpha value is -1.08. The summed E-state index contributed by atoms with van der Waals surface area (Å²) in [6, 6.07) is 2.26. The molecule has 2 aliphatic rings. The number of nitriles is 1. The zero-order valence-corrected chi connectivity index (χ0v) is 10.4. The van der Waals surface area contributed by atoms with Crippen molar-refractivity contribution < 1.29 is 9.90 Å². The third-order valence-electron chi connectivity index (χ3n) is 4.53. The molecule has 4 heteroatoms. The van der Waals surface area contributed by atoms with Crippen molar-refractivity contribution in [2.45, 2.75) is 39.0 Å². The van der Waals surface area contributed by atoms with Crippen molar-refractivity contribution in [2.24, 2.45) is 10.8 Å². The highest BCUT2D eigenvalue weighted by atomic mass is 16.4. The first-order chi connectivity index (χ1) is 8.06. The minimum absolute atomic E-state index is 0.192. The average Bonchev–Trinajstić information content (AvgIpc) is 2.91. The molecule has 0 radical (unpaired) electrons. The first-order valence-electron chi connectivity index (χ1n) is 6.39. The second-order valence-electron chi connectivity index (χ2n) is 5.73. The maximum absolute atomic E-state index is 11.3. The zero-order chi connectivity index (χ0) is 12.5. The summed E-state index contributed by atoms with van der Waals surface area (Å²) < 4.78 is 0. The molecule has 17 heavy (non-hydrogen) atoms. The number of carbonyl (C=O) groups is 1. The van der Waals surface area contributed by atoms with Gasteiger partial charge >= 0.3 is 5.97 Å². The summed E-state index contributed by atoms with van der Waals surface area (Å²) in [5, 5.41) is 18.1. The summed E-state index contributed by atoms with van der Waals surface area (Å²) in [7, 11) is 0. The van der Waals surface area contributed by atoms with Crippen LogP contribution in [0.3, 0.4) is 0 Å². The summed E-state index contributed by atoms with van der Waals surface area (Å²) >= 11 is 0. The Morgan fingerprint density at radius 3 is 2.59 bits per heavy atom. The molecule has 1 aliphatic heterocycles. The van der Waals surface area contributed by atoms with Gasteiger partial charge in [-0.1, -0.05) is 6.92 Å². The Bertz CT molecular complexity index is 357. The van der Waals surface area contributed by atoms with Crippen LogP contribution >= 0.6 is 0 Å². The van der Waals surface area contributed by atoms with Crippen molar-refractivity contribution in [1.29, 1.82) is 5.26 Å². The fraction of sp³-hybridized carbons (Fsp3) is 0.846. The predicted molar refractivity (Wildman–Crippen MR) is 63.3 cm³/mol. The third kappa shape index (κ3) is 2.30. The number of rotatable bonds is 5. The van der Waals surface area contributed by atoms with Gasteiger partial charge in [-0.05, 0) is 37.6 Å². The van der Waals surface area contributed by atoms with Crippen LogP contribution in [0, 0.1) is 22.2 Å². The van der Waals surface area contributed by atoms with Gasteiger partial charge in [0.1, 0.15) is 0 Å². The van der Waals surface area contributed by atoms with Gasteiger partial charge in [0.05, 0.1) is 11.5 Å². The van der Waals surface area contributed by atoms with E-state index in [2.05, 4.69) is 11.0 Å². The van der Waals surface area contributed by atoms with Crippen LogP contribution in [0.4, 0.5) is 0 Å². The van der Waals surface area contributed by atoms with E-state index < -0.39 is 11.4 Å². The highest BCUT2D eigenvalue weighted by Crippen LogP contribution is 2.50. The summed E-state index contributed by atoms with van der Waals surface area (Å²) in [5.41, 5.74) is -0.347. The summed E-state index contributed by atoms with van der Waals surface area (Å²) in [5.74, 6) is -0.660. The van der Waals surface area contributed by atoms with Gasteiger partial charge in [0.15, 0.2) is 0 Å². The number of carboxylic acid groups (broad SMARTS) is 1. The van der Waals surface area contributed by atoms with E-state index in [9.17, 15) is 9.90 Å². The van der Waals surface area contributed by atoms with Crippen LogP contribution in [-0.4, -0.2) is 35.6 Å². The van der Waals surface area contributed by atoms with Crippen LogP contribution in [0.15, 0.2) is 0 Å². The summed E-state index contributed by atoms with van der Waals surface area (Å²) in [6.07, 6.45) is 4.33. The number of aliphatic carboxylic acids is 1. The Morgan fingerprint density at radius 1 is 1.47 bits per heavy atom. The largest absolute Gasteiger partial charge is 0.481 e. The molecule has 1 unspecified atom stereocenters. The molecule has 4 nitrogen and oxygen atoms in total. The molecule has 1 saturated carbocycles. The fourth-order valence-electron chi connectivity index (χ4n) is 2.92. The molecule has 94 valence electrons. The number of nitrogens with zero attached hydrogens (tertiary/aromatic N) is 2. The Labute approximate surface area is 102 Å². The molecule has 1 heterocycles. The first kappa shape index (κ1) is 12.4. The molecular weight excluding hydrogens is 216 g/mol. The van der Waals surface area contributed by atoms with E-state index in [1.807, 2.05) is 6.92 Å². The molecule has 1 aliphatic carbocycles. The predicted octanol–water partition coefficient (Wildman–Crippen LogP) is 1.87. The highest BCUT2D eigenvalue weighted by Gasteiger charge is 2.48. The van der Waals surface area contributed by atoms with E-state index in [0.717, 1.165) is 32.4 Å². The van der Waals surface area contributed by atoms with E-state index in [0.29, 0.717) is 19.4 Å². The van der Waals surface area contributed by atoms with Crippen molar-refractivity contribution in [1.82, 2.24) is 4.90 Å². The Balaban J connectivity index is 1.94. The smallest absolute Gasteiger partial charge is 0.310 e. The van der Waals surface area contributed by atoms with Gasteiger partial charge in [0, 0.05) is 19.5 Å². The second kappa shape index (κ2) is 4.30. The summed E-state index contributed by atoms with van der Waals surface area (Å²) in [4.78, 5) is 13.6. The molecule has 2 rings (SSSR count). The summed E-state index contributed by atoms with van der Waals surface area (Å²) in [6.45, 7) is 4.40. The van der Waals surface area contributed by atoms with Crippen LogP contribution < -0.4 is 0 Å². The molecule has 0 amide bonds. The maximum Gasteiger partial charge on any atom is 0.310 e. The van der Waals surface area contributed by atoms with Crippen molar-refractivity contribution in [2.75, 3.05) is 19.6 Å². The van der Waals surface area contributed by atoms with E-state index in [1.165, 1.54) is 0 Å².